The molecule has 1 aliphatic carbocycles. The van der Waals surface area contributed by atoms with Crippen molar-refractivity contribution in [2.75, 3.05) is 6.54 Å². The minimum Gasteiger partial charge on any atom is -0.322 e. The Morgan fingerprint density at radius 3 is 2.56 bits per heavy atom. The molecule has 1 saturated heterocycles. The van der Waals surface area contributed by atoms with E-state index in [1.807, 2.05) is 18.2 Å². The molecule has 6 nitrogen and oxygen atoms in total. The normalized spacial score (nSPS) is 20.9. The van der Waals surface area contributed by atoms with Gasteiger partial charge in [0.25, 0.3) is 5.91 Å². The molecule has 1 unspecified atom stereocenters. The zero-order valence-corrected chi connectivity index (χ0v) is 20.3. The number of hydrogen-bond donors (Lipinski definition) is 2. The Bertz CT molecular complexity index is 1100. The topological polar surface area (TPSA) is 78.5 Å². The Labute approximate surface area is 204 Å². The van der Waals surface area contributed by atoms with Crippen molar-refractivity contribution in [1.29, 1.82) is 0 Å². The van der Waals surface area contributed by atoms with Gasteiger partial charge in [0.1, 0.15) is 6.04 Å². The maximum atomic E-state index is 13.0. The fraction of sp³-hybridized carbons (Fsp3) is 0.444. The number of piperidine rings is 1. The summed E-state index contributed by atoms with van der Waals surface area (Å²) in [5.41, 5.74) is 4.24. The highest BCUT2D eigenvalue weighted by molar-refractivity contribution is 7.98. The number of nitrogens with zero attached hydrogens (tertiary/aromatic N) is 1. The van der Waals surface area contributed by atoms with Crippen LogP contribution in [0.25, 0.3) is 0 Å². The Kier molecular flexibility index (Phi) is 6.75. The summed E-state index contributed by atoms with van der Waals surface area (Å²) in [6.07, 6.45) is 4.43. The first-order valence-electron chi connectivity index (χ1n) is 12.2. The first-order chi connectivity index (χ1) is 16.5. The van der Waals surface area contributed by atoms with Crippen molar-refractivity contribution in [3.05, 3.63) is 64.7 Å². The molecule has 3 amide bonds. The van der Waals surface area contributed by atoms with E-state index in [0.717, 1.165) is 35.1 Å². The molecule has 34 heavy (non-hydrogen) atoms. The van der Waals surface area contributed by atoms with E-state index in [4.69, 9.17) is 0 Å². The first-order valence-corrected chi connectivity index (χ1v) is 13.2. The zero-order valence-electron chi connectivity index (χ0n) is 19.5. The maximum absolute atomic E-state index is 13.0. The SMILES string of the molecule is C[C@@H](NCCc1ccc(CSc2cccc3c2CN(C2CCC(=O)NC2=O)C3=O)cc1)C1CC1. The van der Waals surface area contributed by atoms with E-state index in [1.165, 1.54) is 24.0 Å². The Balaban J connectivity index is 1.18. The van der Waals surface area contributed by atoms with Crippen LogP contribution >= 0.6 is 11.8 Å². The number of amides is 3. The second kappa shape index (κ2) is 9.92. The van der Waals surface area contributed by atoms with Gasteiger partial charge in [0.2, 0.25) is 11.8 Å². The van der Waals surface area contributed by atoms with E-state index in [9.17, 15) is 14.4 Å². The summed E-state index contributed by atoms with van der Waals surface area (Å²) in [6, 6.07) is 14.6. The second-order valence-corrected chi connectivity index (χ2v) is 10.6. The molecule has 2 aliphatic heterocycles. The number of rotatable bonds is 9. The number of carbonyl (C=O) groups excluding carboxylic acids is 3. The molecule has 3 aliphatic rings. The largest absolute Gasteiger partial charge is 0.322 e. The number of nitrogens with one attached hydrogen (secondary N) is 2. The lowest BCUT2D eigenvalue weighted by Crippen LogP contribution is -2.52. The summed E-state index contributed by atoms with van der Waals surface area (Å²) in [5.74, 6) is 0.937. The van der Waals surface area contributed by atoms with Gasteiger partial charge in [0, 0.05) is 35.2 Å². The maximum Gasteiger partial charge on any atom is 0.255 e. The van der Waals surface area contributed by atoms with Crippen LogP contribution in [-0.4, -0.2) is 41.2 Å². The summed E-state index contributed by atoms with van der Waals surface area (Å²) < 4.78 is 0. The quantitative estimate of drug-likeness (QED) is 0.426. The van der Waals surface area contributed by atoms with Gasteiger partial charge in [-0.1, -0.05) is 30.3 Å². The van der Waals surface area contributed by atoms with Crippen LogP contribution in [0.4, 0.5) is 0 Å². The van der Waals surface area contributed by atoms with E-state index >= 15 is 0 Å². The zero-order chi connectivity index (χ0) is 23.7. The van der Waals surface area contributed by atoms with E-state index in [1.54, 1.807) is 16.7 Å². The van der Waals surface area contributed by atoms with Crippen molar-refractivity contribution in [2.24, 2.45) is 5.92 Å². The lowest BCUT2D eigenvalue weighted by atomic mass is 10.0. The molecule has 0 spiro atoms. The van der Waals surface area contributed by atoms with Crippen molar-refractivity contribution in [3.63, 3.8) is 0 Å². The number of carbonyl (C=O) groups is 3. The first kappa shape index (κ1) is 23.1. The van der Waals surface area contributed by atoms with Gasteiger partial charge in [-0.15, -0.1) is 11.8 Å². The van der Waals surface area contributed by atoms with E-state index in [0.29, 0.717) is 24.6 Å². The van der Waals surface area contributed by atoms with E-state index in [-0.39, 0.29) is 24.1 Å². The standard InChI is InChI=1S/C27H31N3O3S/c1-17(20-9-10-20)28-14-13-18-5-7-19(8-6-18)16-34-24-4-2-3-21-22(24)15-30(27(21)33)23-11-12-25(31)29-26(23)32/h2-8,17,20,23,28H,9-16H2,1H3,(H,29,31,32)/t17-,23?/m1/s1. The molecule has 2 atom stereocenters. The van der Waals surface area contributed by atoms with Gasteiger partial charge in [-0.05, 0) is 73.9 Å². The Morgan fingerprint density at radius 1 is 1.06 bits per heavy atom. The van der Waals surface area contributed by atoms with Crippen LogP contribution in [0, 0.1) is 5.92 Å². The fourth-order valence-corrected chi connectivity index (χ4v) is 5.90. The van der Waals surface area contributed by atoms with Crippen LogP contribution in [0.1, 0.15) is 59.7 Å². The Morgan fingerprint density at radius 2 is 1.82 bits per heavy atom. The van der Waals surface area contributed by atoms with Gasteiger partial charge < -0.3 is 10.2 Å². The summed E-state index contributed by atoms with van der Waals surface area (Å²) >= 11 is 1.72. The van der Waals surface area contributed by atoms with Crippen LogP contribution < -0.4 is 10.6 Å². The van der Waals surface area contributed by atoms with Gasteiger partial charge in [-0.2, -0.15) is 0 Å². The molecule has 0 radical (unpaired) electrons. The van der Waals surface area contributed by atoms with Gasteiger partial charge in [0.15, 0.2) is 0 Å². The number of thioether (sulfide) groups is 1. The van der Waals surface area contributed by atoms with Gasteiger partial charge in [0.05, 0.1) is 0 Å². The number of hydrogen-bond acceptors (Lipinski definition) is 5. The molecule has 0 bridgehead atoms. The van der Waals surface area contributed by atoms with Crippen molar-refractivity contribution in [3.8, 4) is 0 Å². The average molecular weight is 478 g/mol. The number of imide groups is 1. The number of fused-ring (bicyclic) bond motifs is 1. The van der Waals surface area contributed by atoms with E-state index < -0.39 is 6.04 Å². The summed E-state index contributed by atoms with van der Waals surface area (Å²) in [5, 5.41) is 6.00. The van der Waals surface area contributed by atoms with Gasteiger partial charge in [-0.25, -0.2) is 0 Å². The third-order valence-electron chi connectivity index (χ3n) is 7.17. The van der Waals surface area contributed by atoms with Crippen molar-refractivity contribution < 1.29 is 14.4 Å². The van der Waals surface area contributed by atoms with Gasteiger partial charge >= 0.3 is 0 Å². The predicted octanol–water partition coefficient (Wildman–Crippen LogP) is 3.67. The lowest BCUT2D eigenvalue weighted by molar-refractivity contribution is -0.136. The molecule has 2 heterocycles. The highest BCUT2D eigenvalue weighted by atomic mass is 32.2. The minimum atomic E-state index is -0.579. The molecule has 2 N–H and O–H groups in total. The second-order valence-electron chi connectivity index (χ2n) is 9.62. The molecule has 1 saturated carbocycles. The smallest absolute Gasteiger partial charge is 0.255 e. The fourth-order valence-electron chi connectivity index (χ4n) is 4.86. The molecular weight excluding hydrogens is 446 g/mol. The molecule has 5 rings (SSSR count). The summed E-state index contributed by atoms with van der Waals surface area (Å²) in [7, 11) is 0. The van der Waals surface area contributed by atoms with Crippen LogP contribution in [0.2, 0.25) is 0 Å². The third-order valence-corrected chi connectivity index (χ3v) is 8.34. The lowest BCUT2D eigenvalue weighted by Gasteiger charge is -2.29. The van der Waals surface area contributed by atoms with Crippen LogP contribution in [-0.2, 0) is 28.3 Å². The summed E-state index contributed by atoms with van der Waals surface area (Å²) in [4.78, 5) is 39.5. The Hall–Kier alpha value is -2.64. The van der Waals surface area contributed by atoms with Crippen molar-refractivity contribution in [1.82, 2.24) is 15.5 Å². The monoisotopic (exact) mass is 477 g/mol. The molecule has 2 aromatic rings. The average Bonchev–Trinajstić information content (AvgIpc) is 3.63. The minimum absolute atomic E-state index is 0.124. The molecule has 7 heteroatoms. The number of benzene rings is 2. The molecule has 2 aromatic carbocycles. The molecular formula is C27H31N3O3S. The van der Waals surface area contributed by atoms with Crippen LogP contribution in [0.15, 0.2) is 47.4 Å². The molecule has 0 aromatic heterocycles. The van der Waals surface area contributed by atoms with Gasteiger partial charge in [-0.3, -0.25) is 19.7 Å². The summed E-state index contributed by atoms with van der Waals surface area (Å²) in [6.45, 7) is 3.71. The highest BCUT2D eigenvalue weighted by Crippen LogP contribution is 2.35. The molecule has 178 valence electrons. The predicted molar refractivity (Wildman–Crippen MR) is 132 cm³/mol. The molecule has 2 fully saturated rings. The van der Waals surface area contributed by atoms with Crippen molar-refractivity contribution >= 4 is 29.5 Å². The van der Waals surface area contributed by atoms with Crippen LogP contribution in [0.5, 0.6) is 0 Å². The highest BCUT2D eigenvalue weighted by Gasteiger charge is 2.39. The van der Waals surface area contributed by atoms with Crippen molar-refractivity contribution in [2.45, 2.75) is 68.3 Å². The third kappa shape index (κ3) is 5.05. The van der Waals surface area contributed by atoms with E-state index in [2.05, 4.69) is 41.8 Å². The van der Waals surface area contributed by atoms with Crippen LogP contribution in [0.3, 0.4) is 0 Å².